The molecule has 5 nitrogen and oxygen atoms in total. The lowest BCUT2D eigenvalue weighted by Crippen LogP contribution is -2.22. The predicted molar refractivity (Wildman–Crippen MR) is 64.1 cm³/mol. The number of rotatable bonds is 5. The molecule has 4 N–H and O–H groups in total. The maximum Gasteiger partial charge on any atom is 0.225 e. The van der Waals surface area contributed by atoms with Crippen LogP contribution >= 0.6 is 0 Å². The molecule has 1 unspecified atom stereocenters. The molecule has 1 amide bonds. The molecule has 0 bridgehead atoms. The molecule has 0 aromatic carbocycles. The standard InChI is InChI=1S/C11H20N4O/c1-4-9(6-12)5-10(16)13-11-7(2)8(3)14-15-11/h9H,4-6,12H2,1-3H3,(H2,13,14,15,16). The molecule has 0 aliphatic heterocycles. The second-order valence-electron chi connectivity index (χ2n) is 4.08. The highest BCUT2D eigenvalue weighted by Crippen LogP contribution is 2.15. The van der Waals surface area contributed by atoms with E-state index in [0.29, 0.717) is 18.8 Å². The van der Waals surface area contributed by atoms with E-state index in [1.54, 1.807) is 0 Å². The van der Waals surface area contributed by atoms with Crippen LogP contribution in [0.1, 0.15) is 31.0 Å². The summed E-state index contributed by atoms with van der Waals surface area (Å²) >= 11 is 0. The van der Waals surface area contributed by atoms with Crippen molar-refractivity contribution in [2.75, 3.05) is 11.9 Å². The van der Waals surface area contributed by atoms with E-state index in [2.05, 4.69) is 15.5 Å². The van der Waals surface area contributed by atoms with Crippen molar-refractivity contribution in [3.63, 3.8) is 0 Å². The van der Waals surface area contributed by atoms with Gasteiger partial charge in [0.25, 0.3) is 0 Å². The molecule has 16 heavy (non-hydrogen) atoms. The van der Waals surface area contributed by atoms with Crippen LogP contribution in [-0.4, -0.2) is 22.6 Å². The molecule has 1 heterocycles. The first kappa shape index (κ1) is 12.7. The van der Waals surface area contributed by atoms with Crippen LogP contribution in [0.15, 0.2) is 0 Å². The number of hydrogen-bond donors (Lipinski definition) is 3. The summed E-state index contributed by atoms with van der Waals surface area (Å²) in [6, 6.07) is 0. The van der Waals surface area contributed by atoms with E-state index in [9.17, 15) is 4.79 Å². The van der Waals surface area contributed by atoms with E-state index in [-0.39, 0.29) is 11.8 Å². The summed E-state index contributed by atoms with van der Waals surface area (Å²) in [4.78, 5) is 11.7. The lowest BCUT2D eigenvalue weighted by molar-refractivity contribution is -0.117. The first-order chi connectivity index (χ1) is 7.58. The Morgan fingerprint density at radius 3 is 2.69 bits per heavy atom. The Labute approximate surface area is 95.8 Å². The number of carbonyl (C=O) groups excluding carboxylic acids is 1. The third-order valence-electron chi connectivity index (χ3n) is 2.90. The van der Waals surface area contributed by atoms with E-state index >= 15 is 0 Å². The van der Waals surface area contributed by atoms with Crippen LogP contribution in [-0.2, 0) is 4.79 Å². The number of nitrogens with one attached hydrogen (secondary N) is 2. The largest absolute Gasteiger partial charge is 0.330 e. The first-order valence-electron chi connectivity index (χ1n) is 5.59. The van der Waals surface area contributed by atoms with Gasteiger partial charge in [0.05, 0.1) is 0 Å². The van der Waals surface area contributed by atoms with Crippen LogP contribution < -0.4 is 11.1 Å². The highest BCUT2D eigenvalue weighted by Gasteiger charge is 2.13. The lowest BCUT2D eigenvalue weighted by Gasteiger charge is -2.11. The molecule has 0 fully saturated rings. The van der Waals surface area contributed by atoms with Gasteiger partial charge >= 0.3 is 0 Å². The topological polar surface area (TPSA) is 83.8 Å². The summed E-state index contributed by atoms with van der Waals surface area (Å²) in [6.07, 6.45) is 1.38. The van der Waals surface area contributed by atoms with Crippen LogP contribution in [0.25, 0.3) is 0 Å². The fourth-order valence-electron chi connectivity index (χ4n) is 1.45. The number of amides is 1. The predicted octanol–water partition coefficient (Wildman–Crippen LogP) is 1.34. The Kier molecular flexibility index (Phi) is 4.49. The summed E-state index contributed by atoms with van der Waals surface area (Å²) in [7, 11) is 0. The minimum absolute atomic E-state index is 0.0214. The molecule has 5 heteroatoms. The van der Waals surface area contributed by atoms with Gasteiger partial charge < -0.3 is 11.1 Å². The van der Waals surface area contributed by atoms with E-state index in [1.807, 2.05) is 20.8 Å². The highest BCUT2D eigenvalue weighted by atomic mass is 16.1. The van der Waals surface area contributed by atoms with Crippen molar-refractivity contribution in [1.82, 2.24) is 10.2 Å². The molecule has 0 saturated carbocycles. The smallest absolute Gasteiger partial charge is 0.225 e. The van der Waals surface area contributed by atoms with Gasteiger partial charge in [0.15, 0.2) is 5.82 Å². The third kappa shape index (κ3) is 3.06. The zero-order chi connectivity index (χ0) is 12.1. The zero-order valence-electron chi connectivity index (χ0n) is 10.1. The van der Waals surface area contributed by atoms with Gasteiger partial charge in [-0.3, -0.25) is 9.89 Å². The molecule has 1 atom stereocenters. The maximum absolute atomic E-state index is 11.7. The molecular weight excluding hydrogens is 204 g/mol. The van der Waals surface area contributed by atoms with Gasteiger partial charge in [-0.15, -0.1) is 0 Å². The number of aromatic nitrogens is 2. The van der Waals surface area contributed by atoms with E-state index in [0.717, 1.165) is 17.7 Å². The number of hydrogen-bond acceptors (Lipinski definition) is 3. The van der Waals surface area contributed by atoms with E-state index < -0.39 is 0 Å². The number of aromatic amines is 1. The quantitative estimate of drug-likeness (QED) is 0.705. The molecule has 0 saturated heterocycles. The summed E-state index contributed by atoms with van der Waals surface area (Å²) in [5.41, 5.74) is 7.51. The Bertz CT molecular complexity index is 355. The van der Waals surface area contributed by atoms with Crippen LogP contribution in [0.4, 0.5) is 5.82 Å². The second-order valence-corrected chi connectivity index (χ2v) is 4.08. The number of nitrogens with two attached hydrogens (primary N) is 1. The molecule has 0 aliphatic carbocycles. The molecule has 90 valence electrons. The van der Waals surface area contributed by atoms with E-state index in [1.165, 1.54) is 0 Å². The second kappa shape index (κ2) is 5.65. The molecule has 1 rings (SSSR count). The average molecular weight is 224 g/mol. The lowest BCUT2D eigenvalue weighted by atomic mass is 10.0. The normalized spacial score (nSPS) is 12.5. The Morgan fingerprint density at radius 2 is 2.25 bits per heavy atom. The molecule has 0 spiro atoms. The number of aryl methyl sites for hydroxylation is 1. The summed E-state index contributed by atoms with van der Waals surface area (Å²) in [5.74, 6) is 0.849. The fraction of sp³-hybridized carbons (Fsp3) is 0.636. The highest BCUT2D eigenvalue weighted by molar-refractivity contribution is 5.90. The summed E-state index contributed by atoms with van der Waals surface area (Å²) < 4.78 is 0. The number of carbonyl (C=O) groups is 1. The van der Waals surface area contributed by atoms with Crippen molar-refractivity contribution < 1.29 is 4.79 Å². The van der Waals surface area contributed by atoms with E-state index in [4.69, 9.17) is 5.73 Å². The van der Waals surface area contributed by atoms with Gasteiger partial charge in [-0.1, -0.05) is 13.3 Å². The van der Waals surface area contributed by atoms with Gasteiger partial charge in [0.2, 0.25) is 5.91 Å². The Morgan fingerprint density at radius 1 is 1.56 bits per heavy atom. The molecular formula is C11H20N4O. The number of nitrogens with zero attached hydrogens (tertiary/aromatic N) is 1. The SMILES string of the molecule is CCC(CN)CC(=O)Nc1n[nH]c(C)c1C. The molecule has 0 radical (unpaired) electrons. The van der Waals surface area contributed by atoms with Gasteiger partial charge in [0.1, 0.15) is 0 Å². The Balaban J connectivity index is 2.55. The van der Waals surface area contributed by atoms with Crippen LogP contribution in [0.3, 0.4) is 0 Å². The van der Waals surface area contributed by atoms with Crippen LogP contribution in [0.5, 0.6) is 0 Å². The average Bonchev–Trinajstić information content (AvgIpc) is 2.58. The number of anilines is 1. The van der Waals surface area contributed by atoms with Gasteiger partial charge in [-0.05, 0) is 26.3 Å². The van der Waals surface area contributed by atoms with Crippen LogP contribution in [0.2, 0.25) is 0 Å². The van der Waals surface area contributed by atoms with Crippen molar-refractivity contribution in [3.05, 3.63) is 11.3 Å². The molecule has 0 aliphatic rings. The van der Waals surface area contributed by atoms with Crippen molar-refractivity contribution in [3.8, 4) is 0 Å². The minimum atomic E-state index is -0.0214. The molecule has 1 aromatic rings. The minimum Gasteiger partial charge on any atom is -0.330 e. The van der Waals surface area contributed by atoms with Crippen molar-refractivity contribution in [2.45, 2.75) is 33.6 Å². The third-order valence-corrected chi connectivity index (χ3v) is 2.90. The first-order valence-corrected chi connectivity index (χ1v) is 5.59. The van der Waals surface area contributed by atoms with Crippen molar-refractivity contribution >= 4 is 11.7 Å². The molecule has 1 aromatic heterocycles. The van der Waals surface area contributed by atoms with Gasteiger partial charge in [-0.25, -0.2) is 0 Å². The Hall–Kier alpha value is -1.36. The fourth-order valence-corrected chi connectivity index (χ4v) is 1.45. The van der Waals surface area contributed by atoms with Crippen LogP contribution in [0, 0.1) is 19.8 Å². The monoisotopic (exact) mass is 224 g/mol. The van der Waals surface area contributed by atoms with Gasteiger partial charge in [0, 0.05) is 17.7 Å². The van der Waals surface area contributed by atoms with Gasteiger partial charge in [-0.2, -0.15) is 5.10 Å². The maximum atomic E-state index is 11.7. The summed E-state index contributed by atoms with van der Waals surface area (Å²) in [5, 5.41) is 9.65. The number of H-pyrrole nitrogens is 1. The summed E-state index contributed by atoms with van der Waals surface area (Å²) in [6.45, 7) is 6.43. The zero-order valence-corrected chi connectivity index (χ0v) is 10.1. The van der Waals surface area contributed by atoms with Crippen molar-refractivity contribution in [2.24, 2.45) is 11.7 Å². The van der Waals surface area contributed by atoms with Crippen molar-refractivity contribution in [1.29, 1.82) is 0 Å².